The monoisotopic (exact) mass is 421 g/mol. The van der Waals surface area contributed by atoms with E-state index < -0.39 is 5.91 Å². The van der Waals surface area contributed by atoms with Crippen LogP contribution in [0.15, 0.2) is 30.3 Å². The van der Waals surface area contributed by atoms with Crippen molar-refractivity contribution < 1.29 is 19.0 Å². The summed E-state index contributed by atoms with van der Waals surface area (Å²) in [6.45, 7) is 9.75. The lowest BCUT2D eigenvalue weighted by Gasteiger charge is -2.19. The largest absolute Gasteiger partial charge is 0.493 e. The molecule has 0 aliphatic carbocycles. The molecule has 0 aliphatic rings. The third kappa shape index (κ3) is 6.51. The lowest BCUT2D eigenvalue weighted by Crippen LogP contribution is -2.28. The van der Waals surface area contributed by atoms with Crippen molar-refractivity contribution in [2.45, 2.75) is 20.8 Å². The molecule has 0 aliphatic heterocycles. The lowest BCUT2D eigenvalue weighted by atomic mass is 10.2. The highest BCUT2D eigenvalue weighted by Gasteiger charge is 2.15. The van der Waals surface area contributed by atoms with Crippen molar-refractivity contribution in [2.24, 2.45) is 0 Å². The number of halogens is 1. The molecule has 2 aromatic rings. The summed E-state index contributed by atoms with van der Waals surface area (Å²) in [6, 6.07) is 8.41. The highest BCUT2D eigenvalue weighted by Crippen LogP contribution is 2.30. The molecule has 29 heavy (non-hydrogen) atoms. The standard InChI is InChI=1S/C21H28ClN3O4/c1-5-25(6-2)12-13-29-18-14-15(8-10-17(18)27-4)23-21(26)20-16(22)9-11-19(24-20)28-7-3/h8-11,14H,5-7,12-13H2,1-4H3,(H,23,26). The van der Waals surface area contributed by atoms with Crippen LogP contribution in [-0.4, -0.2) is 55.7 Å². The molecule has 1 heterocycles. The van der Waals surface area contributed by atoms with E-state index in [2.05, 4.69) is 29.0 Å². The van der Waals surface area contributed by atoms with Crippen LogP contribution in [0.25, 0.3) is 0 Å². The van der Waals surface area contributed by atoms with Crippen LogP contribution < -0.4 is 19.5 Å². The quantitative estimate of drug-likeness (QED) is 0.588. The number of nitrogens with one attached hydrogen (secondary N) is 1. The van der Waals surface area contributed by atoms with Gasteiger partial charge < -0.3 is 24.4 Å². The summed E-state index contributed by atoms with van der Waals surface area (Å²) >= 11 is 6.13. The average Bonchev–Trinajstić information content (AvgIpc) is 2.73. The Balaban J connectivity index is 2.12. The molecule has 0 bridgehead atoms. The smallest absolute Gasteiger partial charge is 0.275 e. The minimum Gasteiger partial charge on any atom is -0.493 e. The zero-order chi connectivity index (χ0) is 21.2. The number of anilines is 1. The summed E-state index contributed by atoms with van der Waals surface area (Å²) in [5, 5.41) is 3.04. The molecule has 7 nitrogen and oxygen atoms in total. The fourth-order valence-corrected chi connectivity index (χ4v) is 2.88. The zero-order valence-electron chi connectivity index (χ0n) is 17.3. The first-order valence-electron chi connectivity index (χ1n) is 9.66. The predicted octanol–water partition coefficient (Wildman–Crippen LogP) is 4.12. The number of ether oxygens (including phenoxy) is 3. The maximum atomic E-state index is 12.6. The van der Waals surface area contributed by atoms with E-state index in [4.69, 9.17) is 25.8 Å². The van der Waals surface area contributed by atoms with Crippen molar-refractivity contribution >= 4 is 23.2 Å². The molecule has 0 saturated heterocycles. The van der Waals surface area contributed by atoms with Crippen molar-refractivity contribution in [2.75, 3.05) is 45.3 Å². The molecule has 0 unspecified atom stereocenters. The fourth-order valence-electron chi connectivity index (χ4n) is 2.69. The van der Waals surface area contributed by atoms with Gasteiger partial charge in [0.15, 0.2) is 17.2 Å². The number of nitrogens with zero attached hydrogens (tertiary/aromatic N) is 2. The number of rotatable bonds is 11. The molecular weight excluding hydrogens is 394 g/mol. The number of carbonyl (C=O) groups excluding carboxylic acids is 1. The molecule has 0 spiro atoms. The van der Waals surface area contributed by atoms with Crippen LogP contribution in [0.4, 0.5) is 5.69 Å². The molecule has 1 aromatic carbocycles. The van der Waals surface area contributed by atoms with Crippen LogP contribution in [-0.2, 0) is 0 Å². The Morgan fingerprint density at radius 1 is 1.10 bits per heavy atom. The van der Waals surface area contributed by atoms with Crippen molar-refractivity contribution in [3.63, 3.8) is 0 Å². The predicted molar refractivity (Wildman–Crippen MR) is 115 cm³/mol. The zero-order valence-corrected chi connectivity index (χ0v) is 18.1. The van der Waals surface area contributed by atoms with Crippen molar-refractivity contribution in [1.82, 2.24) is 9.88 Å². The third-order valence-corrected chi connectivity index (χ3v) is 4.61. The molecular formula is C21H28ClN3O4. The molecule has 8 heteroatoms. The van der Waals surface area contributed by atoms with E-state index in [0.717, 1.165) is 19.6 Å². The number of likely N-dealkylation sites (N-methyl/N-ethyl adjacent to an activating group) is 1. The van der Waals surface area contributed by atoms with Gasteiger partial charge in [-0.15, -0.1) is 0 Å². The highest BCUT2D eigenvalue weighted by molar-refractivity contribution is 6.34. The van der Waals surface area contributed by atoms with Gasteiger partial charge in [0.25, 0.3) is 5.91 Å². The summed E-state index contributed by atoms with van der Waals surface area (Å²) in [6.07, 6.45) is 0. The second kappa shape index (κ2) is 11.5. The maximum absolute atomic E-state index is 12.6. The Labute approximate surface area is 176 Å². The summed E-state index contributed by atoms with van der Waals surface area (Å²) in [4.78, 5) is 19.1. The minimum atomic E-state index is -0.434. The van der Waals surface area contributed by atoms with Gasteiger partial charge in [0.1, 0.15) is 6.61 Å². The summed E-state index contributed by atoms with van der Waals surface area (Å²) in [5.74, 6) is 1.06. The van der Waals surface area contributed by atoms with E-state index in [1.54, 1.807) is 37.4 Å². The number of hydrogen-bond acceptors (Lipinski definition) is 6. The van der Waals surface area contributed by atoms with E-state index in [9.17, 15) is 4.79 Å². The normalized spacial score (nSPS) is 10.7. The highest BCUT2D eigenvalue weighted by atomic mass is 35.5. The Morgan fingerprint density at radius 3 is 2.52 bits per heavy atom. The van der Waals surface area contributed by atoms with Gasteiger partial charge in [-0.3, -0.25) is 4.79 Å². The van der Waals surface area contributed by atoms with Crippen molar-refractivity contribution in [3.05, 3.63) is 41.0 Å². The van der Waals surface area contributed by atoms with Gasteiger partial charge in [0, 0.05) is 24.4 Å². The molecule has 0 radical (unpaired) electrons. The molecule has 0 saturated carbocycles. The Hall–Kier alpha value is -2.51. The fraction of sp³-hybridized carbons (Fsp3) is 0.429. The molecule has 0 fully saturated rings. The van der Waals surface area contributed by atoms with Crippen molar-refractivity contribution in [1.29, 1.82) is 0 Å². The number of carbonyl (C=O) groups is 1. The van der Waals surface area contributed by atoms with Gasteiger partial charge in [0.05, 0.1) is 18.7 Å². The summed E-state index contributed by atoms with van der Waals surface area (Å²) < 4.78 is 16.6. The molecule has 2 rings (SSSR count). The molecule has 158 valence electrons. The van der Waals surface area contributed by atoms with Crippen LogP contribution in [0, 0.1) is 0 Å². The molecule has 1 aromatic heterocycles. The number of methoxy groups -OCH3 is 1. The average molecular weight is 422 g/mol. The number of amides is 1. The third-order valence-electron chi connectivity index (χ3n) is 4.31. The van der Waals surface area contributed by atoms with Crippen LogP contribution in [0.2, 0.25) is 5.02 Å². The molecule has 1 N–H and O–H groups in total. The van der Waals surface area contributed by atoms with Gasteiger partial charge in [-0.05, 0) is 38.2 Å². The molecule has 0 atom stereocenters. The topological polar surface area (TPSA) is 72.9 Å². The second-order valence-corrected chi connectivity index (χ2v) is 6.52. The first-order valence-corrected chi connectivity index (χ1v) is 10.0. The number of hydrogen-bond donors (Lipinski definition) is 1. The first kappa shape index (κ1) is 22.8. The van der Waals surface area contributed by atoms with Gasteiger partial charge in [0.2, 0.25) is 5.88 Å². The Morgan fingerprint density at radius 2 is 1.86 bits per heavy atom. The second-order valence-electron chi connectivity index (χ2n) is 6.11. The van der Waals surface area contributed by atoms with Crippen molar-refractivity contribution in [3.8, 4) is 17.4 Å². The van der Waals surface area contributed by atoms with Crippen LogP contribution in [0.3, 0.4) is 0 Å². The van der Waals surface area contributed by atoms with Gasteiger partial charge in [-0.2, -0.15) is 0 Å². The van der Waals surface area contributed by atoms with Crippen LogP contribution in [0.1, 0.15) is 31.3 Å². The van der Waals surface area contributed by atoms with E-state index in [0.29, 0.717) is 36.3 Å². The Kier molecular flexibility index (Phi) is 9.02. The Bertz CT molecular complexity index is 813. The number of aromatic nitrogens is 1. The van der Waals surface area contributed by atoms with Gasteiger partial charge >= 0.3 is 0 Å². The minimum absolute atomic E-state index is 0.0948. The van der Waals surface area contributed by atoms with E-state index in [-0.39, 0.29) is 10.7 Å². The summed E-state index contributed by atoms with van der Waals surface area (Å²) in [5.41, 5.74) is 0.644. The number of benzene rings is 1. The SMILES string of the molecule is CCOc1ccc(Cl)c(C(=O)Nc2ccc(OC)c(OCCN(CC)CC)c2)n1. The maximum Gasteiger partial charge on any atom is 0.275 e. The van der Waals surface area contributed by atoms with E-state index in [1.165, 1.54) is 0 Å². The first-order chi connectivity index (χ1) is 14.0. The van der Waals surface area contributed by atoms with Crippen LogP contribution >= 0.6 is 11.6 Å². The lowest BCUT2D eigenvalue weighted by molar-refractivity contribution is 0.102. The van der Waals surface area contributed by atoms with Gasteiger partial charge in [-0.25, -0.2) is 4.98 Å². The molecule has 1 amide bonds. The van der Waals surface area contributed by atoms with E-state index >= 15 is 0 Å². The van der Waals surface area contributed by atoms with Crippen LogP contribution in [0.5, 0.6) is 17.4 Å². The number of pyridine rings is 1. The van der Waals surface area contributed by atoms with E-state index in [1.807, 2.05) is 6.92 Å². The van der Waals surface area contributed by atoms with Gasteiger partial charge in [-0.1, -0.05) is 25.4 Å². The summed E-state index contributed by atoms with van der Waals surface area (Å²) in [7, 11) is 1.58.